The maximum Gasteiger partial charge on any atom is 0.326 e. The van der Waals surface area contributed by atoms with Crippen molar-refractivity contribution in [1.82, 2.24) is 4.90 Å². The number of carbonyl (C=O) groups is 2. The molecular formula is C14H19NO4. The van der Waals surface area contributed by atoms with Gasteiger partial charge < -0.3 is 14.7 Å². The fourth-order valence-electron chi connectivity index (χ4n) is 1.64. The lowest BCUT2D eigenvalue weighted by atomic mass is 10.1. The van der Waals surface area contributed by atoms with Gasteiger partial charge in [0.2, 0.25) is 0 Å². The first kappa shape index (κ1) is 15.0. The van der Waals surface area contributed by atoms with E-state index in [0.717, 1.165) is 16.0 Å². The van der Waals surface area contributed by atoms with Crippen LogP contribution in [-0.2, 0) is 9.59 Å². The third kappa shape index (κ3) is 3.71. The minimum absolute atomic E-state index is 0.167. The zero-order valence-electron chi connectivity index (χ0n) is 11.6. The average molecular weight is 265 g/mol. The minimum atomic E-state index is -1.04. The monoisotopic (exact) mass is 265 g/mol. The number of amides is 1. The average Bonchev–Trinajstić information content (AvgIpc) is 2.35. The summed E-state index contributed by atoms with van der Waals surface area (Å²) in [5.74, 6) is -0.729. The first-order chi connectivity index (χ1) is 8.84. The molecule has 1 N–H and O–H groups in total. The molecule has 1 atom stereocenters. The molecule has 0 aliphatic carbocycles. The van der Waals surface area contributed by atoms with E-state index >= 15 is 0 Å². The topological polar surface area (TPSA) is 66.8 Å². The molecule has 1 rings (SSSR count). The Morgan fingerprint density at radius 2 is 1.84 bits per heavy atom. The van der Waals surface area contributed by atoms with Gasteiger partial charge in [0.1, 0.15) is 11.8 Å². The van der Waals surface area contributed by atoms with E-state index in [1.54, 1.807) is 0 Å². The number of hydrogen-bond donors (Lipinski definition) is 1. The molecular weight excluding hydrogens is 246 g/mol. The number of carboxylic acid groups (broad SMARTS) is 1. The Hall–Kier alpha value is -2.04. The summed E-state index contributed by atoms with van der Waals surface area (Å²) < 4.78 is 5.50. The molecule has 0 heterocycles. The predicted molar refractivity (Wildman–Crippen MR) is 71.3 cm³/mol. The van der Waals surface area contributed by atoms with E-state index in [4.69, 9.17) is 9.84 Å². The second kappa shape index (κ2) is 6.22. The summed E-state index contributed by atoms with van der Waals surface area (Å²) in [5, 5.41) is 8.84. The van der Waals surface area contributed by atoms with E-state index in [-0.39, 0.29) is 12.5 Å². The van der Waals surface area contributed by atoms with E-state index in [0.29, 0.717) is 5.75 Å². The highest BCUT2D eigenvalue weighted by molar-refractivity contribution is 5.84. The third-order valence-corrected chi connectivity index (χ3v) is 3.08. The van der Waals surface area contributed by atoms with E-state index in [2.05, 4.69) is 0 Å². The lowest BCUT2D eigenvalue weighted by Crippen LogP contribution is -2.42. The molecule has 0 spiro atoms. The Kier molecular flexibility index (Phi) is 4.92. The number of likely N-dealkylation sites (N-methyl/N-ethyl adjacent to an activating group) is 1. The normalized spacial score (nSPS) is 11.8. The zero-order valence-corrected chi connectivity index (χ0v) is 11.6. The zero-order chi connectivity index (χ0) is 14.6. The number of aryl methyl sites for hydroxylation is 2. The molecule has 0 radical (unpaired) electrons. The Morgan fingerprint density at radius 1 is 1.32 bits per heavy atom. The van der Waals surface area contributed by atoms with Crippen LogP contribution in [0.15, 0.2) is 18.2 Å². The Labute approximate surface area is 112 Å². The van der Waals surface area contributed by atoms with Crippen molar-refractivity contribution in [1.29, 1.82) is 0 Å². The van der Waals surface area contributed by atoms with Crippen molar-refractivity contribution in [3.63, 3.8) is 0 Å². The van der Waals surface area contributed by atoms with Gasteiger partial charge in [0, 0.05) is 7.05 Å². The summed E-state index contributed by atoms with van der Waals surface area (Å²) in [6, 6.07) is 4.85. The lowest BCUT2D eigenvalue weighted by Gasteiger charge is -2.22. The van der Waals surface area contributed by atoms with Crippen LogP contribution >= 0.6 is 0 Å². The van der Waals surface area contributed by atoms with Crippen LogP contribution in [0, 0.1) is 13.8 Å². The Balaban J connectivity index is 2.67. The van der Waals surface area contributed by atoms with Crippen LogP contribution in [0.1, 0.15) is 18.1 Å². The predicted octanol–water partition coefficient (Wildman–Crippen LogP) is 1.61. The van der Waals surface area contributed by atoms with Crippen LogP contribution in [-0.4, -0.2) is 41.6 Å². The van der Waals surface area contributed by atoms with Gasteiger partial charge in [0.25, 0.3) is 5.91 Å². The molecule has 19 heavy (non-hydrogen) atoms. The molecule has 0 saturated carbocycles. The molecule has 1 aromatic rings. The summed E-state index contributed by atoms with van der Waals surface area (Å²) in [4.78, 5) is 23.8. The number of carboxylic acids is 1. The van der Waals surface area contributed by atoms with Crippen LogP contribution in [0.4, 0.5) is 0 Å². The second-order valence-corrected chi connectivity index (χ2v) is 4.53. The summed E-state index contributed by atoms with van der Waals surface area (Å²) in [5.41, 5.74) is 1.89. The number of benzene rings is 1. The smallest absolute Gasteiger partial charge is 0.326 e. The van der Waals surface area contributed by atoms with Crippen molar-refractivity contribution >= 4 is 11.9 Å². The van der Waals surface area contributed by atoms with Gasteiger partial charge in [0.15, 0.2) is 6.61 Å². The number of aliphatic carboxylic acids is 1. The summed E-state index contributed by atoms with van der Waals surface area (Å²) in [6.45, 7) is 5.09. The number of hydrogen-bond acceptors (Lipinski definition) is 3. The highest BCUT2D eigenvalue weighted by Crippen LogP contribution is 2.22. The first-order valence-electron chi connectivity index (χ1n) is 6.02. The quantitative estimate of drug-likeness (QED) is 0.878. The number of ether oxygens (including phenoxy) is 1. The molecule has 0 saturated heterocycles. The van der Waals surface area contributed by atoms with Crippen molar-refractivity contribution in [3.05, 3.63) is 29.3 Å². The molecule has 0 aliphatic heterocycles. The summed E-state index contributed by atoms with van der Waals surface area (Å²) in [6.07, 6.45) is 0. The molecule has 104 valence electrons. The molecule has 0 aliphatic rings. The van der Waals surface area contributed by atoms with Gasteiger partial charge in [0.05, 0.1) is 0 Å². The van der Waals surface area contributed by atoms with E-state index in [1.807, 2.05) is 32.0 Å². The van der Waals surface area contributed by atoms with Crippen molar-refractivity contribution in [2.45, 2.75) is 26.8 Å². The molecule has 1 amide bonds. The van der Waals surface area contributed by atoms with E-state index in [9.17, 15) is 9.59 Å². The number of nitrogens with zero attached hydrogens (tertiary/aromatic N) is 1. The van der Waals surface area contributed by atoms with E-state index < -0.39 is 12.0 Å². The molecule has 5 nitrogen and oxygen atoms in total. The largest absolute Gasteiger partial charge is 0.483 e. The van der Waals surface area contributed by atoms with Crippen molar-refractivity contribution < 1.29 is 19.4 Å². The molecule has 0 fully saturated rings. The Morgan fingerprint density at radius 3 is 2.32 bits per heavy atom. The van der Waals surface area contributed by atoms with Crippen molar-refractivity contribution in [3.8, 4) is 5.75 Å². The molecule has 5 heteroatoms. The van der Waals surface area contributed by atoms with Gasteiger partial charge in [-0.1, -0.05) is 18.2 Å². The highest BCUT2D eigenvalue weighted by atomic mass is 16.5. The van der Waals surface area contributed by atoms with Gasteiger partial charge in [-0.05, 0) is 31.9 Å². The number of rotatable bonds is 5. The standard InChI is InChI=1S/C14H19NO4/c1-9-6-5-7-10(2)13(9)19-8-12(16)15(4)11(3)14(17)18/h5-7,11H,8H2,1-4H3,(H,17,18). The Bertz CT molecular complexity index is 464. The summed E-state index contributed by atoms with van der Waals surface area (Å²) >= 11 is 0. The maximum atomic E-state index is 11.8. The van der Waals surface area contributed by atoms with Gasteiger partial charge in [-0.15, -0.1) is 0 Å². The lowest BCUT2D eigenvalue weighted by molar-refractivity contribution is -0.148. The molecule has 0 aromatic heterocycles. The SMILES string of the molecule is Cc1cccc(C)c1OCC(=O)N(C)C(C)C(=O)O. The van der Waals surface area contributed by atoms with Crippen LogP contribution in [0.25, 0.3) is 0 Å². The first-order valence-corrected chi connectivity index (χ1v) is 6.02. The molecule has 1 unspecified atom stereocenters. The van der Waals surface area contributed by atoms with Crippen LogP contribution in [0.2, 0.25) is 0 Å². The second-order valence-electron chi connectivity index (χ2n) is 4.53. The summed E-state index contributed by atoms with van der Waals surface area (Å²) in [7, 11) is 1.45. The van der Waals surface area contributed by atoms with Crippen LogP contribution in [0.3, 0.4) is 0 Å². The van der Waals surface area contributed by atoms with Gasteiger partial charge in [-0.25, -0.2) is 4.79 Å². The van der Waals surface area contributed by atoms with Gasteiger partial charge in [-0.2, -0.15) is 0 Å². The number of carbonyl (C=O) groups excluding carboxylic acids is 1. The van der Waals surface area contributed by atoms with Gasteiger partial charge in [-0.3, -0.25) is 4.79 Å². The van der Waals surface area contributed by atoms with Crippen molar-refractivity contribution in [2.24, 2.45) is 0 Å². The molecule has 1 aromatic carbocycles. The fraction of sp³-hybridized carbons (Fsp3) is 0.429. The van der Waals surface area contributed by atoms with Crippen molar-refractivity contribution in [2.75, 3.05) is 13.7 Å². The van der Waals surface area contributed by atoms with Crippen LogP contribution < -0.4 is 4.74 Å². The minimum Gasteiger partial charge on any atom is -0.483 e. The fourth-order valence-corrected chi connectivity index (χ4v) is 1.64. The van der Waals surface area contributed by atoms with E-state index in [1.165, 1.54) is 14.0 Å². The third-order valence-electron chi connectivity index (χ3n) is 3.08. The molecule has 0 bridgehead atoms. The van der Waals surface area contributed by atoms with Crippen LogP contribution in [0.5, 0.6) is 5.75 Å². The van der Waals surface area contributed by atoms with Gasteiger partial charge >= 0.3 is 5.97 Å². The number of para-hydroxylation sites is 1. The maximum absolute atomic E-state index is 11.8. The highest BCUT2D eigenvalue weighted by Gasteiger charge is 2.22.